The monoisotopic (exact) mass is 280 g/mol. The van der Waals surface area contributed by atoms with Crippen LogP contribution in [0.25, 0.3) is 0 Å². The Bertz CT molecular complexity index is 615. The first-order valence-electron chi connectivity index (χ1n) is 5.01. The fourth-order valence-electron chi connectivity index (χ4n) is 1.50. The van der Waals surface area contributed by atoms with E-state index in [0.29, 0.717) is 21.4 Å². The van der Waals surface area contributed by atoms with E-state index in [9.17, 15) is 4.39 Å². The summed E-state index contributed by atoms with van der Waals surface area (Å²) in [5.74, 6) is -0.457. The maximum atomic E-state index is 13.0. The lowest BCUT2D eigenvalue weighted by Gasteiger charge is -2.09. The molecule has 2 aromatic carbocycles. The van der Waals surface area contributed by atoms with E-state index >= 15 is 0 Å². The van der Waals surface area contributed by atoms with Crippen LogP contribution in [0.1, 0.15) is 5.56 Å². The topological polar surface area (TPSA) is 35.8 Å². The number of rotatable bonds is 2. The van der Waals surface area contributed by atoms with Gasteiger partial charge in [-0.3, -0.25) is 0 Å². The van der Waals surface area contributed by atoms with E-state index in [0.717, 1.165) is 6.07 Å². The molecule has 0 bridgehead atoms. The number of nitriles is 1. The number of nitrogens with zero attached hydrogens (tertiary/aromatic N) is 1. The van der Waals surface area contributed by atoms with Gasteiger partial charge in [-0.05, 0) is 36.4 Å². The standard InChI is InChI=1S/C13H7Cl2FN2/c14-9-4-10(15)6-12(5-9)18-13-2-1-11(16)3-8(13)7-17/h1-6,18H. The summed E-state index contributed by atoms with van der Waals surface area (Å²) < 4.78 is 13.0. The molecule has 0 amide bonds. The van der Waals surface area contributed by atoms with Crippen LogP contribution in [0.4, 0.5) is 15.8 Å². The van der Waals surface area contributed by atoms with Crippen LogP contribution in [-0.2, 0) is 0 Å². The molecule has 1 N–H and O–H groups in total. The highest BCUT2D eigenvalue weighted by molar-refractivity contribution is 6.35. The van der Waals surface area contributed by atoms with Gasteiger partial charge in [0.05, 0.1) is 11.3 Å². The Morgan fingerprint density at radius 2 is 1.72 bits per heavy atom. The largest absolute Gasteiger partial charge is 0.354 e. The van der Waals surface area contributed by atoms with Crippen molar-refractivity contribution in [3.8, 4) is 6.07 Å². The summed E-state index contributed by atoms with van der Waals surface area (Å²) in [5, 5.41) is 12.9. The SMILES string of the molecule is N#Cc1cc(F)ccc1Nc1cc(Cl)cc(Cl)c1. The Labute approximate surface area is 114 Å². The quantitative estimate of drug-likeness (QED) is 0.862. The van der Waals surface area contributed by atoms with Gasteiger partial charge in [0.25, 0.3) is 0 Å². The van der Waals surface area contributed by atoms with Gasteiger partial charge < -0.3 is 5.32 Å². The van der Waals surface area contributed by atoms with Crippen LogP contribution in [0.5, 0.6) is 0 Å². The molecule has 18 heavy (non-hydrogen) atoms. The number of halogens is 3. The second-order valence-electron chi connectivity index (χ2n) is 3.58. The van der Waals surface area contributed by atoms with E-state index in [1.165, 1.54) is 12.1 Å². The van der Waals surface area contributed by atoms with Crippen molar-refractivity contribution in [1.82, 2.24) is 0 Å². The molecule has 0 saturated heterocycles. The van der Waals surface area contributed by atoms with Crippen molar-refractivity contribution in [3.63, 3.8) is 0 Å². The second kappa shape index (κ2) is 5.26. The molecule has 0 aliphatic carbocycles. The fraction of sp³-hybridized carbons (Fsp3) is 0. The highest BCUT2D eigenvalue weighted by atomic mass is 35.5. The first-order chi connectivity index (χ1) is 8.58. The van der Waals surface area contributed by atoms with Gasteiger partial charge >= 0.3 is 0 Å². The van der Waals surface area contributed by atoms with Crippen molar-refractivity contribution < 1.29 is 4.39 Å². The average molecular weight is 281 g/mol. The van der Waals surface area contributed by atoms with Crippen molar-refractivity contribution in [2.45, 2.75) is 0 Å². The average Bonchev–Trinajstić information content (AvgIpc) is 2.30. The zero-order valence-corrected chi connectivity index (χ0v) is 10.6. The highest BCUT2D eigenvalue weighted by Gasteiger charge is 2.05. The molecule has 0 saturated carbocycles. The van der Waals surface area contributed by atoms with Crippen LogP contribution in [0.2, 0.25) is 10.0 Å². The lowest BCUT2D eigenvalue weighted by atomic mass is 10.2. The third kappa shape index (κ3) is 2.92. The van der Waals surface area contributed by atoms with E-state index in [1.54, 1.807) is 18.2 Å². The molecule has 0 heterocycles. The van der Waals surface area contributed by atoms with Gasteiger partial charge in [0.15, 0.2) is 0 Å². The maximum Gasteiger partial charge on any atom is 0.124 e. The van der Waals surface area contributed by atoms with E-state index in [-0.39, 0.29) is 5.56 Å². The van der Waals surface area contributed by atoms with Crippen LogP contribution >= 0.6 is 23.2 Å². The second-order valence-corrected chi connectivity index (χ2v) is 4.46. The van der Waals surface area contributed by atoms with Crippen LogP contribution in [0, 0.1) is 17.1 Å². The zero-order chi connectivity index (χ0) is 13.1. The van der Waals surface area contributed by atoms with Crippen molar-refractivity contribution in [1.29, 1.82) is 5.26 Å². The van der Waals surface area contributed by atoms with E-state index in [1.807, 2.05) is 6.07 Å². The highest BCUT2D eigenvalue weighted by Crippen LogP contribution is 2.26. The molecule has 0 radical (unpaired) electrons. The van der Waals surface area contributed by atoms with Gasteiger partial charge in [0, 0.05) is 15.7 Å². The minimum absolute atomic E-state index is 0.214. The van der Waals surface area contributed by atoms with Crippen LogP contribution in [0.15, 0.2) is 36.4 Å². The molecular formula is C13H7Cl2FN2. The maximum absolute atomic E-state index is 13.0. The molecule has 90 valence electrons. The summed E-state index contributed by atoms with van der Waals surface area (Å²) in [6.07, 6.45) is 0. The minimum atomic E-state index is -0.457. The fourth-order valence-corrected chi connectivity index (χ4v) is 2.03. The van der Waals surface area contributed by atoms with Gasteiger partial charge in [-0.2, -0.15) is 5.26 Å². The van der Waals surface area contributed by atoms with Gasteiger partial charge in [0.1, 0.15) is 11.9 Å². The first kappa shape index (κ1) is 12.7. The molecule has 0 spiro atoms. The van der Waals surface area contributed by atoms with E-state index in [2.05, 4.69) is 5.32 Å². The smallest absolute Gasteiger partial charge is 0.124 e. The summed E-state index contributed by atoms with van der Waals surface area (Å²) in [6.45, 7) is 0. The third-order valence-electron chi connectivity index (χ3n) is 2.24. The summed E-state index contributed by atoms with van der Waals surface area (Å²) in [7, 11) is 0. The Morgan fingerprint density at radius 3 is 2.33 bits per heavy atom. The predicted molar refractivity (Wildman–Crippen MR) is 70.9 cm³/mol. The predicted octanol–water partition coefficient (Wildman–Crippen LogP) is 4.75. The summed E-state index contributed by atoms with van der Waals surface area (Å²) >= 11 is 11.7. The van der Waals surface area contributed by atoms with Crippen LogP contribution < -0.4 is 5.32 Å². The molecule has 0 atom stereocenters. The first-order valence-corrected chi connectivity index (χ1v) is 5.77. The molecule has 0 aliphatic heterocycles. The number of nitrogens with one attached hydrogen (secondary N) is 1. The number of hydrogen-bond acceptors (Lipinski definition) is 2. The molecule has 2 nitrogen and oxygen atoms in total. The van der Waals surface area contributed by atoms with Crippen molar-refractivity contribution in [3.05, 3.63) is 57.8 Å². The van der Waals surface area contributed by atoms with Gasteiger partial charge in [0.2, 0.25) is 0 Å². The van der Waals surface area contributed by atoms with Crippen molar-refractivity contribution in [2.75, 3.05) is 5.32 Å². The minimum Gasteiger partial charge on any atom is -0.354 e. The van der Waals surface area contributed by atoms with Crippen molar-refractivity contribution >= 4 is 34.6 Å². The zero-order valence-electron chi connectivity index (χ0n) is 9.05. The normalized spacial score (nSPS) is 9.89. The summed E-state index contributed by atoms with van der Waals surface area (Å²) in [4.78, 5) is 0. The van der Waals surface area contributed by atoms with Crippen LogP contribution in [-0.4, -0.2) is 0 Å². The lowest BCUT2D eigenvalue weighted by Crippen LogP contribution is -1.94. The number of benzene rings is 2. The summed E-state index contributed by atoms with van der Waals surface area (Å²) in [5.41, 5.74) is 1.35. The molecular weight excluding hydrogens is 274 g/mol. The Balaban J connectivity index is 2.37. The Morgan fingerprint density at radius 1 is 1.06 bits per heavy atom. The number of hydrogen-bond donors (Lipinski definition) is 1. The molecule has 0 fully saturated rings. The molecule has 2 rings (SSSR count). The molecule has 2 aromatic rings. The van der Waals surface area contributed by atoms with Gasteiger partial charge in [-0.25, -0.2) is 4.39 Å². The Hall–Kier alpha value is -1.76. The van der Waals surface area contributed by atoms with Gasteiger partial charge in [-0.1, -0.05) is 23.2 Å². The van der Waals surface area contributed by atoms with E-state index < -0.39 is 5.82 Å². The third-order valence-corrected chi connectivity index (χ3v) is 2.68. The van der Waals surface area contributed by atoms with Crippen LogP contribution in [0.3, 0.4) is 0 Å². The van der Waals surface area contributed by atoms with Crippen molar-refractivity contribution in [2.24, 2.45) is 0 Å². The Kier molecular flexibility index (Phi) is 3.71. The molecule has 5 heteroatoms. The van der Waals surface area contributed by atoms with E-state index in [4.69, 9.17) is 28.5 Å². The molecule has 0 aromatic heterocycles. The number of anilines is 2. The molecule has 0 unspecified atom stereocenters. The lowest BCUT2D eigenvalue weighted by molar-refractivity contribution is 0.627. The summed E-state index contributed by atoms with van der Waals surface area (Å²) in [6, 6.07) is 10.8. The van der Waals surface area contributed by atoms with Gasteiger partial charge in [-0.15, -0.1) is 0 Å². The molecule has 0 aliphatic rings.